The molecule has 2 heterocycles. The lowest BCUT2D eigenvalue weighted by molar-refractivity contribution is 0.157. The summed E-state index contributed by atoms with van der Waals surface area (Å²) in [4.78, 5) is 4.87. The highest BCUT2D eigenvalue weighted by molar-refractivity contribution is 7.80. The van der Waals surface area contributed by atoms with Crippen molar-refractivity contribution < 1.29 is 0 Å². The topological polar surface area (TPSA) is 23.4 Å². The molecule has 0 spiro atoms. The molecule has 0 bridgehead atoms. The Morgan fingerprint density at radius 2 is 1.91 bits per heavy atom. The van der Waals surface area contributed by atoms with Crippen LogP contribution in [-0.2, 0) is 6.42 Å². The fourth-order valence-corrected chi connectivity index (χ4v) is 8.63. The van der Waals surface area contributed by atoms with Crippen molar-refractivity contribution >= 4 is 41.6 Å². The van der Waals surface area contributed by atoms with Gasteiger partial charge < -0.3 is 9.80 Å². The molecule has 32 heavy (non-hydrogen) atoms. The van der Waals surface area contributed by atoms with E-state index < -0.39 is 8.07 Å². The van der Waals surface area contributed by atoms with Gasteiger partial charge in [0, 0.05) is 35.8 Å². The van der Waals surface area contributed by atoms with Crippen LogP contribution in [0, 0.1) is 0 Å². The second-order valence-corrected chi connectivity index (χ2v) is 17.0. The lowest BCUT2D eigenvalue weighted by atomic mass is 9.75. The van der Waals surface area contributed by atoms with Gasteiger partial charge in [-0.2, -0.15) is 0 Å². The molecule has 1 saturated heterocycles. The molecular formula is C26H42N4SSi. The van der Waals surface area contributed by atoms with Crippen molar-refractivity contribution in [1.29, 1.82) is 0 Å². The highest BCUT2D eigenvalue weighted by atomic mass is 32.1. The number of hydrogen-bond donors (Lipinski definition) is 1. The predicted molar refractivity (Wildman–Crippen MR) is 146 cm³/mol. The highest BCUT2D eigenvalue weighted by Gasteiger charge is 2.46. The standard InChI is InChI=1S/C26H42N4SSi/c1-9-29(10-2)25(31)27-30-21-15-11-13-19-18-14-12-16-28(6)22(18)17-20(23(19)21)24(30)32(7,8)26(3,4)5/h11,13,15,18,22H,9-10,12,14,16-17H2,1-8H3,(H,27,31)/t18-,22-/m1/s1. The lowest BCUT2D eigenvalue weighted by Crippen LogP contribution is -2.57. The van der Waals surface area contributed by atoms with Crippen molar-refractivity contribution in [3.05, 3.63) is 29.3 Å². The normalized spacial score (nSPS) is 21.5. The van der Waals surface area contributed by atoms with Crippen molar-refractivity contribution in [3.63, 3.8) is 0 Å². The van der Waals surface area contributed by atoms with Gasteiger partial charge >= 0.3 is 0 Å². The van der Waals surface area contributed by atoms with Crippen LogP contribution in [0.1, 0.15) is 64.5 Å². The van der Waals surface area contributed by atoms with E-state index in [0.29, 0.717) is 12.0 Å². The smallest absolute Gasteiger partial charge is 0.188 e. The van der Waals surface area contributed by atoms with Crippen LogP contribution in [0.25, 0.3) is 10.9 Å². The van der Waals surface area contributed by atoms with Gasteiger partial charge in [-0.25, -0.2) is 0 Å². The SMILES string of the molecule is CCN(CC)C(=S)Nn1c([Si](C)(C)C(C)(C)C)c2c3c(cccc31)[C@H]1CCCN(C)[C@@H]1C2. The molecule has 2 aromatic rings. The van der Waals surface area contributed by atoms with Crippen molar-refractivity contribution in [3.8, 4) is 0 Å². The van der Waals surface area contributed by atoms with E-state index >= 15 is 0 Å². The van der Waals surface area contributed by atoms with Gasteiger partial charge in [0.1, 0.15) is 8.07 Å². The number of likely N-dealkylation sites (N-methyl/N-ethyl adjacent to an activating group) is 1. The summed E-state index contributed by atoms with van der Waals surface area (Å²) in [6, 6.07) is 7.59. The fourth-order valence-electron chi connectivity index (χ4n) is 5.86. The zero-order chi connectivity index (χ0) is 23.4. The zero-order valence-corrected chi connectivity index (χ0v) is 23.2. The molecule has 1 fully saturated rings. The predicted octanol–water partition coefficient (Wildman–Crippen LogP) is 5.26. The first-order valence-corrected chi connectivity index (χ1v) is 15.9. The van der Waals surface area contributed by atoms with Crippen LogP contribution in [-0.4, -0.2) is 60.4 Å². The van der Waals surface area contributed by atoms with Crippen molar-refractivity contribution in [2.24, 2.45) is 0 Å². The van der Waals surface area contributed by atoms with Gasteiger partial charge in [-0.1, -0.05) is 46.0 Å². The Kier molecular flexibility index (Phi) is 6.27. The number of thiocarbonyl (C=S) groups is 1. The number of nitrogens with zero attached hydrogens (tertiary/aromatic N) is 3. The molecule has 0 radical (unpaired) electrons. The molecule has 1 aliphatic heterocycles. The maximum Gasteiger partial charge on any atom is 0.188 e. The Morgan fingerprint density at radius 1 is 1.22 bits per heavy atom. The minimum absolute atomic E-state index is 0.240. The van der Waals surface area contributed by atoms with Gasteiger partial charge in [-0.15, -0.1) is 0 Å². The van der Waals surface area contributed by atoms with Gasteiger partial charge in [-0.3, -0.25) is 10.1 Å². The average molecular weight is 471 g/mol. The maximum absolute atomic E-state index is 5.91. The Labute approximate surface area is 201 Å². The van der Waals surface area contributed by atoms with Gasteiger partial charge in [0.05, 0.1) is 5.52 Å². The number of hydrogen-bond acceptors (Lipinski definition) is 2. The van der Waals surface area contributed by atoms with E-state index in [9.17, 15) is 0 Å². The van der Waals surface area contributed by atoms with E-state index in [2.05, 4.69) is 92.9 Å². The summed E-state index contributed by atoms with van der Waals surface area (Å²) >= 11 is 5.91. The first kappa shape index (κ1) is 23.8. The molecule has 0 amide bonds. The molecular weight excluding hydrogens is 428 g/mol. The minimum Gasteiger partial charge on any atom is -0.348 e. The van der Waals surface area contributed by atoms with Crippen LogP contribution in [0.5, 0.6) is 0 Å². The molecule has 1 aromatic heterocycles. The van der Waals surface area contributed by atoms with E-state index in [4.69, 9.17) is 12.2 Å². The van der Waals surface area contributed by atoms with Crippen molar-refractivity contribution in [2.75, 3.05) is 32.1 Å². The quantitative estimate of drug-likeness (QED) is 0.486. The third kappa shape index (κ3) is 3.63. The molecule has 2 aliphatic rings. The summed E-state index contributed by atoms with van der Waals surface area (Å²) in [7, 11) is 0.472. The van der Waals surface area contributed by atoms with Crippen molar-refractivity contribution in [1.82, 2.24) is 14.5 Å². The van der Waals surface area contributed by atoms with E-state index in [0.717, 1.165) is 24.6 Å². The number of aromatic nitrogens is 1. The summed E-state index contributed by atoms with van der Waals surface area (Å²) in [6.07, 6.45) is 3.76. The molecule has 1 aromatic carbocycles. The summed E-state index contributed by atoms with van der Waals surface area (Å²) in [5, 5.41) is 4.12. The van der Waals surface area contributed by atoms with Crippen LogP contribution in [0.4, 0.5) is 0 Å². The molecule has 0 unspecified atom stereocenters. The molecule has 0 saturated carbocycles. The van der Waals surface area contributed by atoms with Crippen LogP contribution in [0.2, 0.25) is 18.1 Å². The Balaban J connectivity index is 1.99. The molecule has 176 valence electrons. The second kappa shape index (κ2) is 8.44. The summed E-state index contributed by atoms with van der Waals surface area (Å²) in [5.41, 5.74) is 8.20. The van der Waals surface area contributed by atoms with Crippen LogP contribution in [0.3, 0.4) is 0 Å². The molecule has 4 nitrogen and oxygen atoms in total. The van der Waals surface area contributed by atoms with E-state index in [1.165, 1.54) is 30.3 Å². The minimum atomic E-state index is -1.86. The highest BCUT2D eigenvalue weighted by Crippen LogP contribution is 2.45. The average Bonchev–Trinajstić information content (AvgIpc) is 3.04. The van der Waals surface area contributed by atoms with Crippen LogP contribution < -0.4 is 10.7 Å². The first-order valence-electron chi connectivity index (χ1n) is 12.5. The number of piperidine rings is 1. The van der Waals surface area contributed by atoms with E-state index in [1.54, 1.807) is 16.4 Å². The first-order chi connectivity index (χ1) is 15.0. The fraction of sp³-hybridized carbons (Fsp3) is 0.654. The van der Waals surface area contributed by atoms with E-state index in [1.807, 2.05) is 0 Å². The molecule has 4 rings (SSSR count). The molecule has 1 aliphatic carbocycles. The van der Waals surface area contributed by atoms with Gasteiger partial charge in [-0.05, 0) is 81.2 Å². The largest absolute Gasteiger partial charge is 0.348 e. The van der Waals surface area contributed by atoms with Crippen molar-refractivity contribution in [2.45, 2.75) is 84.0 Å². The third-order valence-corrected chi connectivity index (χ3v) is 14.5. The summed E-state index contributed by atoms with van der Waals surface area (Å²) in [5.74, 6) is 0.641. The maximum atomic E-state index is 5.91. The van der Waals surface area contributed by atoms with Gasteiger partial charge in [0.15, 0.2) is 5.11 Å². The number of benzene rings is 1. The monoisotopic (exact) mass is 470 g/mol. The molecule has 2 atom stereocenters. The molecule has 6 heteroatoms. The van der Waals surface area contributed by atoms with Crippen LogP contribution in [0.15, 0.2) is 18.2 Å². The Bertz CT molecular complexity index is 1010. The number of nitrogens with one attached hydrogen (secondary N) is 1. The number of rotatable bonds is 4. The number of fused-ring (bicyclic) bond motifs is 2. The Hall–Kier alpha value is -1.37. The van der Waals surface area contributed by atoms with E-state index in [-0.39, 0.29) is 5.04 Å². The third-order valence-electron chi connectivity index (χ3n) is 8.72. The second-order valence-electron chi connectivity index (χ2n) is 11.4. The molecule has 1 N–H and O–H groups in total. The zero-order valence-electron chi connectivity index (χ0n) is 21.4. The van der Waals surface area contributed by atoms with Crippen LogP contribution >= 0.6 is 12.2 Å². The number of likely N-dealkylation sites (tertiary alicyclic amines) is 1. The Morgan fingerprint density at radius 3 is 2.53 bits per heavy atom. The lowest BCUT2D eigenvalue weighted by Gasteiger charge is -2.44. The summed E-state index contributed by atoms with van der Waals surface area (Å²) < 4.78 is 2.42. The van der Waals surface area contributed by atoms with Gasteiger partial charge in [0.2, 0.25) is 0 Å². The summed E-state index contributed by atoms with van der Waals surface area (Å²) in [6.45, 7) is 19.8. The van der Waals surface area contributed by atoms with Gasteiger partial charge in [0.25, 0.3) is 0 Å².